The van der Waals surface area contributed by atoms with Gasteiger partial charge in [0.2, 0.25) is 5.91 Å². The van der Waals surface area contributed by atoms with Crippen LogP contribution in [0.2, 0.25) is 0 Å². The van der Waals surface area contributed by atoms with Gasteiger partial charge in [-0.2, -0.15) is 5.10 Å². The molecule has 2 atom stereocenters. The number of fused-ring (bicyclic) bond motifs is 2. The summed E-state index contributed by atoms with van der Waals surface area (Å²) >= 11 is 0. The minimum absolute atomic E-state index is 0.00543. The van der Waals surface area contributed by atoms with Gasteiger partial charge in [-0.15, -0.1) is 0 Å². The second-order valence-corrected chi connectivity index (χ2v) is 7.16. The van der Waals surface area contributed by atoms with Gasteiger partial charge in [0, 0.05) is 11.6 Å². The van der Waals surface area contributed by atoms with Crippen LogP contribution in [-0.4, -0.2) is 22.3 Å². The molecule has 1 amide bonds. The number of carbonyl (C=O) groups excluding carboxylic acids is 1. The quantitative estimate of drug-likeness (QED) is 0.456. The second-order valence-electron chi connectivity index (χ2n) is 7.16. The first-order valence-corrected chi connectivity index (χ1v) is 7.83. The van der Waals surface area contributed by atoms with Crippen molar-refractivity contribution in [3.63, 3.8) is 0 Å². The number of benzene rings is 1. The van der Waals surface area contributed by atoms with E-state index >= 15 is 0 Å². The fourth-order valence-electron chi connectivity index (χ4n) is 4.05. The molecule has 5 nitrogen and oxygen atoms in total. The summed E-state index contributed by atoms with van der Waals surface area (Å²) in [6.07, 6.45) is 4.08. The van der Waals surface area contributed by atoms with Crippen LogP contribution in [0, 0.1) is 16.7 Å². The standard InChI is InChI=1S/C18H22N2O3/c1-11-17(2,3)13-6-7-18(11,9-13)16(23)20-19-10-12-4-5-14(21)8-15(12)22/h4-5,8,10,13,21-22H,1,6-7,9H2,2-3H3,(H,20,23)/b19-10-/t13-,18+/m0/s1. The zero-order valence-corrected chi connectivity index (χ0v) is 13.5. The highest BCUT2D eigenvalue weighted by molar-refractivity contribution is 5.89. The Balaban J connectivity index is 1.73. The van der Waals surface area contributed by atoms with Crippen LogP contribution in [0.3, 0.4) is 0 Å². The largest absolute Gasteiger partial charge is 0.508 e. The van der Waals surface area contributed by atoms with Crippen molar-refractivity contribution >= 4 is 12.1 Å². The molecule has 0 spiro atoms. The first-order valence-electron chi connectivity index (χ1n) is 7.83. The normalized spacial score (nSPS) is 28.4. The predicted molar refractivity (Wildman–Crippen MR) is 88.2 cm³/mol. The highest BCUT2D eigenvalue weighted by Crippen LogP contribution is 2.65. The van der Waals surface area contributed by atoms with Crippen LogP contribution in [-0.2, 0) is 4.79 Å². The highest BCUT2D eigenvalue weighted by atomic mass is 16.3. The first-order chi connectivity index (χ1) is 10.8. The van der Waals surface area contributed by atoms with Crippen LogP contribution < -0.4 is 5.43 Å². The van der Waals surface area contributed by atoms with Crippen molar-refractivity contribution in [2.75, 3.05) is 0 Å². The summed E-state index contributed by atoms with van der Waals surface area (Å²) in [4.78, 5) is 12.7. The van der Waals surface area contributed by atoms with E-state index in [1.807, 2.05) is 0 Å². The number of nitrogens with one attached hydrogen (secondary N) is 1. The van der Waals surface area contributed by atoms with Gasteiger partial charge in [0.25, 0.3) is 0 Å². The number of phenols is 2. The highest BCUT2D eigenvalue weighted by Gasteiger charge is 2.60. The van der Waals surface area contributed by atoms with E-state index < -0.39 is 5.41 Å². The SMILES string of the molecule is C=C1C(C)(C)[C@H]2CC[C@@]1(C(=O)N/N=C\c1ccc(O)cc1O)C2. The third kappa shape index (κ3) is 2.31. The van der Waals surface area contributed by atoms with Gasteiger partial charge < -0.3 is 10.2 Å². The molecular weight excluding hydrogens is 292 g/mol. The van der Waals surface area contributed by atoms with E-state index in [0.717, 1.165) is 24.8 Å². The molecule has 2 bridgehead atoms. The van der Waals surface area contributed by atoms with Crippen molar-refractivity contribution in [1.82, 2.24) is 5.43 Å². The molecule has 0 aliphatic heterocycles. The van der Waals surface area contributed by atoms with E-state index in [2.05, 4.69) is 31.0 Å². The van der Waals surface area contributed by atoms with Gasteiger partial charge in [-0.3, -0.25) is 4.79 Å². The van der Waals surface area contributed by atoms with Crippen LogP contribution >= 0.6 is 0 Å². The summed E-state index contributed by atoms with van der Waals surface area (Å²) in [5.41, 5.74) is 3.51. The Hall–Kier alpha value is -2.30. The maximum absolute atomic E-state index is 12.7. The molecule has 1 aromatic rings. The van der Waals surface area contributed by atoms with Crippen molar-refractivity contribution in [1.29, 1.82) is 0 Å². The molecule has 2 aliphatic rings. The smallest absolute Gasteiger partial charge is 0.250 e. The summed E-state index contributed by atoms with van der Waals surface area (Å²) in [5.74, 6) is 0.272. The van der Waals surface area contributed by atoms with Crippen LogP contribution in [0.4, 0.5) is 0 Å². The Kier molecular flexibility index (Phi) is 3.47. The molecule has 0 radical (unpaired) electrons. The second kappa shape index (κ2) is 5.11. The molecule has 0 heterocycles. The van der Waals surface area contributed by atoms with Gasteiger partial charge in [-0.25, -0.2) is 5.43 Å². The van der Waals surface area contributed by atoms with E-state index in [1.165, 1.54) is 24.4 Å². The van der Waals surface area contributed by atoms with Crippen molar-refractivity contribution < 1.29 is 15.0 Å². The number of phenolic OH excluding ortho intramolecular Hbond substituents is 2. The number of hydrazone groups is 1. The Morgan fingerprint density at radius 3 is 2.78 bits per heavy atom. The summed E-state index contributed by atoms with van der Waals surface area (Å²) in [6, 6.07) is 4.21. The Morgan fingerprint density at radius 1 is 1.43 bits per heavy atom. The molecule has 2 saturated carbocycles. The lowest BCUT2D eigenvalue weighted by Crippen LogP contribution is -2.39. The monoisotopic (exact) mass is 314 g/mol. The van der Waals surface area contributed by atoms with Crippen LogP contribution in [0.25, 0.3) is 0 Å². The van der Waals surface area contributed by atoms with Gasteiger partial charge in [0.05, 0.1) is 11.6 Å². The van der Waals surface area contributed by atoms with Gasteiger partial charge in [0.15, 0.2) is 0 Å². The fourth-order valence-corrected chi connectivity index (χ4v) is 4.05. The third-order valence-corrected chi connectivity index (χ3v) is 5.71. The van der Waals surface area contributed by atoms with Crippen molar-refractivity contribution in [3.05, 3.63) is 35.9 Å². The van der Waals surface area contributed by atoms with Crippen molar-refractivity contribution in [3.8, 4) is 11.5 Å². The van der Waals surface area contributed by atoms with E-state index in [0.29, 0.717) is 11.5 Å². The maximum Gasteiger partial charge on any atom is 0.250 e. The molecular formula is C18H22N2O3. The lowest BCUT2D eigenvalue weighted by Gasteiger charge is -2.36. The first kappa shape index (κ1) is 15.6. The molecule has 3 N–H and O–H groups in total. The van der Waals surface area contributed by atoms with Crippen molar-refractivity contribution in [2.45, 2.75) is 33.1 Å². The number of nitrogens with zero attached hydrogens (tertiary/aromatic N) is 1. The van der Waals surface area contributed by atoms with E-state index in [4.69, 9.17) is 0 Å². The molecule has 2 aliphatic carbocycles. The average Bonchev–Trinajstić information content (AvgIpc) is 3.01. The number of hydrogen-bond donors (Lipinski definition) is 3. The van der Waals surface area contributed by atoms with Gasteiger partial charge in [-0.1, -0.05) is 26.0 Å². The number of aromatic hydroxyl groups is 2. The summed E-state index contributed by atoms with van der Waals surface area (Å²) in [6.45, 7) is 8.51. The minimum atomic E-state index is -0.511. The molecule has 0 unspecified atom stereocenters. The molecule has 5 heteroatoms. The number of hydrogen-bond acceptors (Lipinski definition) is 4. The predicted octanol–water partition coefficient (Wildman–Crippen LogP) is 2.93. The van der Waals surface area contributed by atoms with Gasteiger partial charge >= 0.3 is 0 Å². The number of carbonyl (C=O) groups is 1. The van der Waals surface area contributed by atoms with E-state index in [1.54, 1.807) is 0 Å². The molecule has 3 rings (SSSR count). The number of rotatable bonds is 3. The lowest BCUT2D eigenvalue weighted by atomic mass is 9.68. The van der Waals surface area contributed by atoms with Crippen molar-refractivity contribution in [2.24, 2.45) is 21.8 Å². The molecule has 1 aromatic carbocycles. The van der Waals surface area contributed by atoms with Crippen LogP contribution in [0.1, 0.15) is 38.7 Å². The Morgan fingerprint density at radius 2 is 2.17 bits per heavy atom. The number of amides is 1. The van der Waals surface area contributed by atoms with E-state index in [9.17, 15) is 15.0 Å². The van der Waals surface area contributed by atoms with Crippen LogP contribution in [0.15, 0.2) is 35.5 Å². The molecule has 122 valence electrons. The molecule has 0 saturated heterocycles. The molecule has 0 aromatic heterocycles. The summed E-state index contributed by atoms with van der Waals surface area (Å²) in [7, 11) is 0. The molecule has 2 fully saturated rings. The zero-order chi connectivity index (χ0) is 16.8. The Labute approximate surface area is 135 Å². The van der Waals surface area contributed by atoms with Crippen LogP contribution in [0.5, 0.6) is 11.5 Å². The maximum atomic E-state index is 12.7. The fraction of sp³-hybridized carbons (Fsp3) is 0.444. The van der Waals surface area contributed by atoms with Gasteiger partial charge in [-0.05, 0) is 42.7 Å². The third-order valence-electron chi connectivity index (χ3n) is 5.71. The topological polar surface area (TPSA) is 81.9 Å². The van der Waals surface area contributed by atoms with Gasteiger partial charge in [0.1, 0.15) is 11.5 Å². The average molecular weight is 314 g/mol. The zero-order valence-electron chi connectivity index (χ0n) is 13.5. The summed E-state index contributed by atoms with van der Waals surface area (Å²) < 4.78 is 0. The minimum Gasteiger partial charge on any atom is -0.508 e. The Bertz CT molecular complexity index is 708. The molecule has 23 heavy (non-hydrogen) atoms. The van der Waals surface area contributed by atoms with E-state index in [-0.39, 0.29) is 22.8 Å². The lowest BCUT2D eigenvalue weighted by molar-refractivity contribution is -0.128. The summed E-state index contributed by atoms with van der Waals surface area (Å²) in [5, 5.41) is 22.9.